The van der Waals surface area contributed by atoms with E-state index >= 15 is 0 Å². The molecule has 2 heterocycles. The molecule has 1 saturated heterocycles. The fraction of sp³-hybridized carbons (Fsp3) is 0.500. The summed E-state index contributed by atoms with van der Waals surface area (Å²) in [7, 11) is 0. The topological polar surface area (TPSA) is 88.8 Å². The summed E-state index contributed by atoms with van der Waals surface area (Å²) < 4.78 is 10.3. The summed E-state index contributed by atoms with van der Waals surface area (Å²) in [4.78, 5) is 22.5. The maximum absolute atomic E-state index is 11.7. The van der Waals surface area contributed by atoms with Gasteiger partial charge in [-0.1, -0.05) is 0 Å². The molecule has 0 spiro atoms. The summed E-state index contributed by atoms with van der Waals surface area (Å²) in [6.45, 7) is 1.23. The molecule has 98 valence electrons. The van der Waals surface area contributed by atoms with Gasteiger partial charge in [-0.25, -0.2) is 4.79 Å². The largest absolute Gasteiger partial charge is 0.478 e. The lowest BCUT2D eigenvalue weighted by Crippen LogP contribution is -2.27. The highest BCUT2D eigenvalue weighted by Gasteiger charge is 2.21. The molecule has 1 aliphatic heterocycles. The van der Waals surface area contributed by atoms with Crippen LogP contribution in [0.25, 0.3) is 0 Å². The summed E-state index contributed by atoms with van der Waals surface area (Å²) in [6.07, 6.45) is 4.19. The molecule has 0 saturated carbocycles. The first kappa shape index (κ1) is 12.6. The van der Waals surface area contributed by atoms with Crippen molar-refractivity contribution in [1.82, 2.24) is 5.32 Å². The molecule has 1 aromatic heterocycles. The van der Waals surface area contributed by atoms with Gasteiger partial charge < -0.3 is 19.6 Å². The van der Waals surface area contributed by atoms with Gasteiger partial charge in [0, 0.05) is 13.2 Å². The molecule has 0 radical (unpaired) electrons. The summed E-state index contributed by atoms with van der Waals surface area (Å²) in [5, 5.41) is 11.5. The smallest absolute Gasteiger partial charge is 0.339 e. The summed E-state index contributed by atoms with van der Waals surface area (Å²) >= 11 is 0. The van der Waals surface area contributed by atoms with Gasteiger partial charge in [-0.2, -0.15) is 0 Å². The quantitative estimate of drug-likeness (QED) is 0.825. The van der Waals surface area contributed by atoms with Gasteiger partial charge in [0.2, 0.25) is 5.76 Å². The fourth-order valence-corrected chi connectivity index (χ4v) is 1.95. The molecular weight excluding hydrogens is 238 g/mol. The van der Waals surface area contributed by atoms with Gasteiger partial charge in [0.05, 0.1) is 12.4 Å². The van der Waals surface area contributed by atoms with Gasteiger partial charge in [-0.3, -0.25) is 4.79 Å². The second-order valence-electron chi connectivity index (χ2n) is 4.15. The van der Waals surface area contributed by atoms with Crippen molar-refractivity contribution in [3.8, 4) is 0 Å². The molecule has 2 N–H and O–H groups in total. The lowest BCUT2D eigenvalue weighted by atomic mass is 10.2. The van der Waals surface area contributed by atoms with E-state index in [1.165, 1.54) is 12.3 Å². The highest BCUT2D eigenvalue weighted by molar-refractivity contribution is 6.02. The third-order valence-electron chi connectivity index (χ3n) is 2.88. The lowest BCUT2D eigenvalue weighted by Gasteiger charge is -2.09. The summed E-state index contributed by atoms with van der Waals surface area (Å²) in [5.41, 5.74) is -0.121. The van der Waals surface area contributed by atoms with Gasteiger partial charge in [0.25, 0.3) is 5.91 Å². The number of carbonyl (C=O) groups excluding carboxylic acids is 1. The predicted octanol–water partition coefficient (Wildman–Crippen LogP) is 1.28. The van der Waals surface area contributed by atoms with Crippen LogP contribution < -0.4 is 5.32 Å². The maximum Gasteiger partial charge on any atom is 0.339 e. The van der Waals surface area contributed by atoms with Crippen LogP contribution in [0.4, 0.5) is 0 Å². The van der Waals surface area contributed by atoms with Crippen molar-refractivity contribution in [2.24, 2.45) is 0 Å². The standard InChI is InChI=1S/C12H15NO5/c14-11(10-9(12(15)16)4-7-18-10)13-5-3-8-2-1-6-17-8/h4,7-8H,1-3,5-6H2,(H,13,14)(H,15,16). The molecule has 0 bridgehead atoms. The van der Waals surface area contributed by atoms with E-state index in [2.05, 4.69) is 5.32 Å². The van der Waals surface area contributed by atoms with Crippen LogP contribution in [0.2, 0.25) is 0 Å². The monoisotopic (exact) mass is 253 g/mol. The minimum atomic E-state index is -1.17. The molecule has 1 aromatic rings. The van der Waals surface area contributed by atoms with E-state index in [0.717, 1.165) is 25.9 Å². The van der Waals surface area contributed by atoms with Crippen molar-refractivity contribution >= 4 is 11.9 Å². The number of ether oxygens (including phenoxy) is 1. The fourth-order valence-electron chi connectivity index (χ4n) is 1.95. The molecule has 2 rings (SSSR count). The first-order chi connectivity index (χ1) is 8.68. The third-order valence-corrected chi connectivity index (χ3v) is 2.88. The van der Waals surface area contributed by atoms with Gasteiger partial charge in [-0.15, -0.1) is 0 Å². The van der Waals surface area contributed by atoms with Gasteiger partial charge in [0.1, 0.15) is 5.56 Å². The molecular formula is C12H15NO5. The highest BCUT2D eigenvalue weighted by Crippen LogP contribution is 2.15. The van der Waals surface area contributed by atoms with Crippen LogP contribution in [0.15, 0.2) is 16.7 Å². The zero-order valence-electron chi connectivity index (χ0n) is 9.85. The Bertz CT molecular complexity index is 433. The number of carboxylic acid groups (broad SMARTS) is 1. The first-order valence-electron chi connectivity index (χ1n) is 5.89. The van der Waals surface area contributed by atoms with Crippen LogP contribution in [0, 0.1) is 0 Å². The second kappa shape index (κ2) is 5.68. The number of carboxylic acids is 1. The van der Waals surface area contributed by atoms with Crippen LogP contribution in [0.5, 0.6) is 0 Å². The average molecular weight is 253 g/mol. The number of furan rings is 1. The number of amides is 1. The van der Waals surface area contributed by atoms with E-state index in [1.807, 2.05) is 0 Å². The minimum Gasteiger partial charge on any atom is -0.478 e. The van der Waals surface area contributed by atoms with E-state index in [0.29, 0.717) is 6.54 Å². The zero-order valence-corrected chi connectivity index (χ0v) is 9.85. The average Bonchev–Trinajstić information content (AvgIpc) is 2.99. The lowest BCUT2D eigenvalue weighted by molar-refractivity contribution is 0.0686. The molecule has 0 aromatic carbocycles. The van der Waals surface area contributed by atoms with E-state index in [-0.39, 0.29) is 17.4 Å². The van der Waals surface area contributed by atoms with Crippen molar-refractivity contribution < 1.29 is 23.8 Å². The van der Waals surface area contributed by atoms with Crippen molar-refractivity contribution in [1.29, 1.82) is 0 Å². The molecule has 1 unspecified atom stereocenters. The molecule has 18 heavy (non-hydrogen) atoms. The Labute approximate surface area is 104 Å². The Kier molecular flexibility index (Phi) is 3.99. The van der Waals surface area contributed by atoms with Crippen molar-refractivity contribution in [3.63, 3.8) is 0 Å². The number of aromatic carboxylic acids is 1. The van der Waals surface area contributed by atoms with Crippen LogP contribution >= 0.6 is 0 Å². The van der Waals surface area contributed by atoms with E-state index in [1.54, 1.807) is 0 Å². The minimum absolute atomic E-state index is 0.121. The van der Waals surface area contributed by atoms with Crippen molar-refractivity contribution in [2.45, 2.75) is 25.4 Å². The third kappa shape index (κ3) is 2.89. The maximum atomic E-state index is 11.7. The number of hydrogen-bond acceptors (Lipinski definition) is 4. The molecule has 1 atom stereocenters. The van der Waals surface area contributed by atoms with Crippen LogP contribution in [0.3, 0.4) is 0 Å². The second-order valence-corrected chi connectivity index (χ2v) is 4.15. The molecule has 6 nitrogen and oxygen atoms in total. The van der Waals surface area contributed by atoms with Crippen LogP contribution in [0.1, 0.15) is 40.2 Å². The molecule has 1 fully saturated rings. The number of hydrogen-bond donors (Lipinski definition) is 2. The van der Waals surface area contributed by atoms with Gasteiger partial charge >= 0.3 is 5.97 Å². The number of carbonyl (C=O) groups is 2. The normalized spacial score (nSPS) is 18.8. The predicted molar refractivity (Wildman–Crippen MR) is 61.6 cm³/mol. The Hall–Kier alpha value is -1.82. The number of nitrogens with one attached hydrogen (secondary N) is 1. The van der Waals surface area contributed by atoms with Crippen molar-refractivity contribution in [2.75, 3.05) is 13.2 Å². The van der Waals surface area contributed by atoms with E-state index < -0.39 is 11.9 Å². The summed E-state index contributed by atoms with van der Waals surface area (Å²) in [6, 6.07) is 1.26. The van der Waals surface area contributed by atoms with Gasteiger partial charge in [-0.05, 0) is 25.3 Å². The molecule has 1 amide bonds. The first-order valence-corrected chi connectivity index (χ1v) is 5.89. The number of rotatable bonds is 5. The van der Waals surface area contributed by atoms with Crippen LogP contribution in [-0.2, 0) is 4.74 Å². The Morgan fingerprint density at radius 1 is 1.50 bits per heavy atom. The zero-order chi connectivity index (χ0) is 13.0. The Morgan fingerprint density at radius 3 is 3.00 bits per heavy atom. The van der Waals surface area contributed by atoms with Crippen molar-refractivity contribution in [3.05, 3.63) is 23.7 Å². The van der Waals surface area contributed by atoms with Gasteiger partial charge in [0.15, 0.2) is 0 Å². The summed E-state index contributed by atoms with van der Waals surface area (Å²) in [5.74, 6) is -1.83. The van der Waals surface area contributed by atoms with Crippen LogP contribution in [-0.4, -0.2) is 36.2 Å². The van der Waals surface area contributed by atoms with E-state index in [4.69, 9.17) is 14.3 Å². The highest BCUT2D eigenvalue weighted by atomic mass is 16.5. The van der Waals surface area contributed by atoms with E-state index in [9.17, 15) is 9.59 Å². The SMILES string of the molecule is O=C(O)c1ccoc1C(=O)NCCC1CCCO1. The molecule has 0 aliphatic carbocycles. The molecule has 1 aliphatic rings. The Balaban J connectivity index is 1.83. The Morgan fingerprint density at radius 2 is 2.33 bits per heavy atom. The molecule has 6 heteroatoms.